The summed E-state index contributed by atoms with van der Waals surface area (Å²) in [5.41, 5.74) is 0.245. The van der Waals surface area contributed by atoms with E-state index in [0.717, 1.165) is 19.1 Å². The second-order valence-electron chi connectivity index (χ2n) is 6.32. The molecule has 2 aliphatic rings. The maximum absolute atomic E-state index is 9.00. The van der Waals surface area contributed by atoms with Gasteiger partial charge >= 0.3 is 0 Å². The molecule has 0 amide bonds. The van der Waals surface area contributed by atoms with Gasteiger partial charge in [0.1, 0.15) is 0 Å². The van der Waals surface area contributed by atoms with Crippen molar-refractivity contribution in [3.05, 3.63) is 0 Å². The first kappa shape index (κ1) is 12.9. The molecule has 1 heterocycles. The van der Waals surface area contributed by atoms with E-state index in [1.54, 1.807) is 0 Å². The van der Waals surface area contributed by atoms with Crippen molar-refractivity contribution in [2.24, 2.45) is 0 Å². The van der Waals surface area contributed by atoms with Gasteiger partial charge in [-0.1, -0.05) is 12.8 Å². The summed E-state index contributed by atoms with van der Waals surface area (Å²) in [5.74, 6) is 0. The topological polar surface area (TPSA) is 30.3 Å². The number of hydrogen-bond donors (Lipinski definition) is 0. The van der Waals surface area contributed by atoms with E-state index in [1.165, 1.54) is 25.7 Å². The van der Waals surface area contributed by atoms with Gasteiger partial charge in [0, 0.05) is 30.7 Å². The fourth-order valence-corrected chi connectivity index (χ4v) is 3.32. The number of nitrogens with zero attached hydrogens (tertiary/aromatic N) is 3. The van der Waals surface area contributed by atoms with Gasteiger partial charge in [0.15, 0.2) is 0 Å². The quantitative estimate of drug-likeness (QED) is 0.735. The average molecular weight is 235 g/mol. The predicted molar refractivity (Wildman–Crippen MR) is 69.7 cm³/mol. The number of hydrogen-bond acceptors (Lipinski definition) is 3. The fourth-order valence-electron chi connectivity index (χ4n) is 3.32. The molecular weight excluding hydrogens is 210 g/mol. The zero-order chi connectivity index (χ0) is 12.5. The second-order valence-corrected chi connectivity index (χ2v) is 6.32. The lowest BCUT2D eigenvalue weighted by Crippen LogP contribution is -2.63. The van der Waals surface area contributed by atoms with E-state index < -0.39 is 0 Å². The molecule has 1 saturated heterocycles. The van der Waals surface area contributed by atoms with Crippen LogP contribution in [0.4, 0.5) is 0 Å². The Bertz CT molecular complexity index is 299. The van der Waals surface area contributed by atoms with Crippen molar-refractivity contribution in [2.45, 2.75) is 63.6 Å². The highest BCUT2D eigenvalue weighted by atomic mass is 15.3. The molecule has 0 spiro atoms. The SMILES string of the molecule is CN1CC(CC#N)N(C2CCCC2)CC1(C)C. The molecule has 1 saturated carbocycles. The molecule has 3 nitrogen and oxygen atoms in total. The Morgan fingerprint density at radius 2 is 1.94 bits per heavy atom. The molecule has 1 aliphatic heterocycles. The van der Waals surface area contributed by atoms with E-state index in [2.05, 4.69) is 36.8 Å². The zero-order valence-corrected chi connectivity index (χ0v) is 11.4. The first-order valence-electron chi connectivity index (χ1n) is 6.88. The molecule has 0 aromatic carbocycles. The van der Waals surface area contributed by atoms with Crippen LogP contribution in [-0.2, 0) is 0 Å². The van der Waals surface area contributed by atoms with Crippen LogP contribution >= 0.6 is 0 Å². The van der Waals surface area contributed by atoms with Crippen LogP contribution in [0.1, 0.15) is 46.0 Å². The zero-order valence-electron chi connectivity index (χ0n) is 11.4. The van der Waals surface area contributed by atoms with Gasteiger partial charge in [0.2, 0.25) is 0 Å². The number of nitriles is 1. The van der Waals surface area contributed by atoms with Crippen molar-refractivity contribution in [3.8, 4) is 6.07 Å². The molecule has 17 heavy (non-hydrogen) atoms. The Hall–Kier alpha value is -0.590. The lowest BCUT2D eigenvalue weighted by Gasteiger charge is -2.51. The van der Waals surface area contributed by atoms with Gasteiger partial charge in [-0.25, -0.2) is 0 Å². The molecule has 2 rings (SSSR count). The standard InChI is InChI=1S/C14H25N3/c1-14(2)11-17(12-6-4-5-7-12)13(8-9-15)10-16(14)3/h12-13H,4-8,10-11H2,1-3H3. The van der Waals surface area contributed by atoms with E-state index in [9.17, 15) is 0 Å². The predicted octanol–water partition coefficient (Wildman–Crippen LogP) is 2.24. The van der Waals surface area contributed by atoms with E-state index in [1.807, 2.05) is 0 Å². The van der Waals surface area contributed by atoms with Gasteiger partial charge in [-0.05, 0) is 33.7 Å². The molecule has 0 radical (unpaired) electrons. The summed E-state index contributed by atoms with van der Waals surface area (Å²) in [4.78, 5) is 5.05. The summed E-state index contributed by atoms with van der Waals surface area (Å²) in [6.45, 7) is 6.78. The summed E-state index contributed by atoms with van der Waals surface area (Å²) in [6, 6.07) is 3.55. The molecule has 1 unspecified atom stereocenters. The third-order valence-corrected chi connectivity index (χ3v) is 4.68. The van der Waals surface area contributed by atoms with Crippen molar-refractivity contribution in [1.29, 1.82) is 5.26 Å². The van der Waals surface area contributed by atoms with Crippen LogP contribution in [0.25, 0.3) is 0 Å². The molecule has 1 aliphatic carbocycles. The van der Waals surface area contributed by atoms with Crippen LogP contribution in [0.2, 0.25) is 0 Å². The molecule has 1 atom stereocenters. The second kappa shape index (κ2) is 4.96. The summed E-state index contributed by atoms with van der Waals surface area (Å²) >= 11 is 0. The number of piperazine rings is 1. The first-order chi connectivity index (χ1) is 8.04. The summed E-state index contributed by atoms with van der Waals surface area (Å²) in [5, 5.41) is 9.00. The maximum Gasteiger partial charge on any atom is 0.0638 e. The molecule has 0 N–H and O–H groups in total. The van der Waals surface area contributed by atoms with Crippen LogP contribution in [0.15, 0.2) is 0 Å². The smallest absolute Gasteiger partial charge is 0.0638 e. The highest BCUT2D eigenvalue weighted by Crippen LogP contribution is 2.32. The lowest BCUT2D eigenvalue weighted by atomic mass is 9.93. The van der Waals surface area contributed by atoms with Crippen LogP contribution < -0.4 is 0 Å². The van der Waals surface area contributed by atoms with Crippen molar-refractivity contribution in [1.82, 2.24) is 9.80 Å². The van der Waals surface area contributed by atoms with Crippen molar-refractivity contribution in [2.75, 3.05) is 20.1 Å². The number of likely N-dealkylation sites (N-methyl/N-ethyl adjacent to an activating group) is 1. The maximum atomic E-state index is 9.00. The minimum absolute atomic E-state index is 0.245. The van der Waals surface area contributed by atoms with Crippen molar-refractivity contribution < 1.29 is 0 Å². The molecule has 3 heteroatoms. The van der Waals surface area contributed by atoms with E-state index in [4.69, 9.17) is 5.26 Å². The van der Waals surface area contributed by atoms with Gasteiger partial charge in [-0.3, -0.25) is 9.80 Å². The third-order valence-electron chi connectivity index (χ3n) is 4.68. The van der Waals surface area contributed by atoms with E-state index >= 15 is 0 Å². The first-order valence-corrected chi connectivity index (χ1v) is 6.88. The highest BCUT2D eigenvalue weighted by Gasteiger charge is 2.40. The number of rotatable bonds is 2. The minimum atomic E-state index is 0.245. The Morgan fingerprint density at radius 1 is 1.29 bits per heavy atom. The molecule has 0 bridgehead atoms. The normalized spacial score (nSPS) is 31.5. The van der Waals surface area contributed by atoms with Crippen LogP contribution in [0, 0.1) is 11.3 Å². The summed E-state index contributed by atoms with van der Waals surface area (Å²) in [6.07, 6.45) is 6.09. The molecule has 0 aromatic heterocycles. The summed E-state index contributed by atoms with van der Waals surface area (Å²) in [7, 11) is 2.19. The molecule has 2 fully saturated rings. The molecule has 96 valence electrons. The average Bonchev–Trinajstić information content (AvgIpc) is 2.77. The Labute approximate surface area is 105 Å². The monoisotopic (exact) mass is 235 g/mol. The van der Waals surface area contributed by atoms with Gasteiger partial charge in [-0.15, -0.1) is 0 Å². The highest BCUT2D eigenvalue weighted by molar-refractivity contribution is 4.99. The third kappa shape index (κ3) is 2.64. The van der Waals surface area contributed by atoms with Crippen LogP contribution in [-0.4, -0.2) is 47.6 Å². The van der Waals surface area contributed by atoms with Gasteiger partial charge in [0.05, 0.1) is 12.5 Å². The summed E-state index contributed by atoms with van der Waals surface area (Å²) < 4.78 is 0. The van der Waals surface area contributed by atoms with Gasteiger partial charge in [-0.2, -0.15) is 5.26 Å². The van der Waals surface area contributed by atoms with E-state index in [-0.39, 0.29) is 5.54 Å². The van der Waals surface area contributed by atoms with Crippen LogP contribution in [0.3, 0.4) is 0 Å². The Kier molecular flexibility index (Phi) is 3.75. The van der Waals surface area contributed by atoms with Crippen molar-refractivity contribution in [3.63, 3.8) is 0 Å². The van der Waals surface area contributed by atoms with Gasteiger partial charge < -0.3 is 0 Å². The minimum Gasteiger partial charge on any atom is -0.298 e. The Balaban J connectivity index is 2.11. The van der Waals surface area contributed by atoms with Crippen molar-refractivity contribution >= 4 is 0 Å². The molecular formula is C14H25N3. The lowest BCUT2D eigenvalue weighted by molar-refractivity contribution is -0.0218. The molecule has 0 aromatic rings. The fraction of sp³-hybridized carbons (Fsp3) is 0.929. The Morgan fingerprint density at radius 3 is 2.53 bits per heavy atom. The van der Waals surface area contributed by atoms with Crippen LogP contribution in [0.5, 0.6) is 0 Å². The van der Waals surface area contributed by atoms with E-state index in [0.29, 0.717) is 12.5 Å². The largest absolute Gasteiger partial charge is 0.298 e. The van der Waals surface area contributed by atoms with Gasteiger partial charge in [0.25, 0.3) is 0 Å².